The number of fused-ring (bicyclic) bond motifs is 1. The van der Waals surface area contributed by atoms with Gasteiger partial charge in [0.15, 0.2) is 0 Å². The van der Waals surface area contributed by atoms with Crippen LogP contribution < -0.4 is 10.6 Å². The fourth-order valence-corrected chi connectivity index (χ4v) is 2.96. The average Bonchev–Trinajstić information content (AvgIpc) is 2.59. The van der Waals surface area contributed by atoms with Gasteiger partial charge in [-0.25, -0.2) is 4.79 Å². The Hall–Kier alpha value is -1.79. The Morgan fingerprint density at radius 3 is 2.48 bits per heavy atom. The molecular formula is C16H23ClN4O2. The number of halogens is 1. The summed E-state index contributed by atoms with van der Waals surface area (Å²) in [6.07, 6.45) is 0.870. The fraction of sp³-hybridized carbons (Fsp3) is 0.500. The van der Waals surface area contributed by atoms with E-state index in [1.54, 1.807) is 9.80 Å². The Bertz CT molecular complexity index is 561. The van der Waals surface area contributed by atoms with Crippen molar-refractivity contribution in [3.63, 3.8) is 0 Å². The summed E-state index contributed by atoms with van der Waals surface area (Å²) in [6.45, 7) is 4.47. The maximum absolute atomic E-state index is 12.2. The molecule has 0 unspecified atom stereocenters. The summed E-state index contributed by atoms with van der Waals surface area (Å²) >= 11 is 0. The number of carbonyl (C=O) groups is 2. The van der Waals surface area contributed by atoms with Crippen LogP contribution in [0.3, 0.4) is 0 Å². The summed E-state index contributed by atoms with van der Waals surface area (Å²) < 4.78 is 0. The Kier molecular flexibility index (Phi) is 6.24. The zero-order valence-corrected chi connectivity index (χ0v) is 13.9. The highest BCUT2D eigenvalue weighted by Gasteiger charge is 2.22. The smallest absolute Gasteiger partial charge is 0.318 e. The average molecular weight is 339 g/mol. The van der Waals surface area contributed by atoms with Gasteiger partial charge in [0, 0.05) is 39.3 Å². The molecule has 1 aromatic rings. The largest absolute Gasteiger partial charge is 0.339 e. The number of amides is 3. The van der Waals surface area contributed by atoms with Gasteiger partial charge in [-0.05, 0) is 17.5 Å². The van der Waals surface area contributed by atoms with E-state index in [4.69, 9.17) is 0 Å². The topological polar surface area (TPSA) is 64.7 Å². The molecule has 23 heavy (non-hydrogen) atoms. The molecule has 1 fully saturated rings. The summed E-state index contributed by atoms with van der Waals surface area (Å²) in [5.41, 5.74) is 2.50. The third-order valence-corrected chi connectivity index (χ3v) is 4.28. The molecule has 126 valence electrons. The number of carbonyl (C=O) groups excluding carboxylic acids is 2. The predicted molar refractivity (Wildman–Crippen MR) is 90.7 cm³/mol. The van der Waals surface area contributed by atoms with E-state index in [1.807, 2.05) is 12.1 Å². The van der Waals surface area contributed by atoms with Gasteiger partial charge in [-0.2, -0.15) is 0 Å². The minimum Gasteiger partial charge on any atom is -0.339 e. The molecule has 1 saturated heterocycles. The number of hydrogen-bond donors (Lipinski definition) is 2. The third kappa shape index (κ3) is 4.36. The van der Waals surface area contributed by atoms with Crippen LogP contribution in [0.5, 0.6) is 0 Å². The lowest BCUT2D eigenvalue weighted by Gasteiger charge is -2.30. The standard InChI is InChI=1S/C16H22N4O2.ClH/c21-15(19-9-6-17-7-10-19)11-18-16(22)20-8-5-13-3-1-2-4-14(13)12-20;/h1-4,17H,5-12H2,(H,18,22);1H. The molecule has 1 aromatic carbocycles. The molecule has 0 atom stereocenters. The molecule has 6 nitrogen and oxygen atoms in total. The summed E-state index contributed by atoms with van der Waals surface area (Å²) in [7, 11) is 0. The number of nitrogens with one attached hydrogen (secondary N) is 2. The van der Waals surface area contributed by atoms with Crippen molar-refractivity contribution in [3.05, 3.63) is 35.4 Å². The first kappa shape index (κ1) is 17.6. The molecule has 2 aliphatic heterocycles. The Labute approximate surface area is 142 Å². The van der Waals surface area contributed by atoms with E-state index < -0.39 is 0 Å². The zero-order chi connectivity index (χ0) is 15.4. The van der Waals surface area contributed by atoms with Crippen LogP contribution in [0.25, 0.3) is 0 Å². The number of piperazine rings is 1. The van der Waals surface area contributed by atoms with Crippen molar-refractivity contribution in [2.24, 2.45) is 0 Å². The van der Waals surface area contributed by atoms with Crippen LogP contribution in [0.2, 0.25) is 0 Å². The van der Waals surface area contributed by atoms with Crippen LogP contribution in [-0.4, -0.2) is 61.0 Å². The monoisotopic (exact) mass is 338 g/mol. The van der Waals surface area contributed by atoms with Crippen molar-refractivity contribution in [2.75, 3.05) is 39.3 Å². The number of urea groups is 1. The summed E-state index contributed by atoms with van der Waals surface area (Å²) in [5, 5.41) is 5.96. The molecule has 0 saturated carbocycles. The molecule has 0 bridgehead atoms. The molecule has 0 aromatic heterocycles. The van der Waals surface area contributed by atoms with E-state index in [0.29, 0.717) is 26.2 Å². The van der Waals surface area contributed by atoms with Gasteiger partial charge in [0.1, 0.15) is 0 Å². The van der Waals surface area contributed by atoms with Gasteiger partial charge < -0.3 is 20.4 Å². The van der Waals surface area contributed by atoms with Crippen LogP contribution in [0.1, 0.15) is 11.1 Å². The molecule has 0 aliphatic carbocycles. The first-order chi connectivity index (χ1) is 10.7. The number of nitrogens with zero attached hydrogens (tertiary/aromatic N) is 2. The maximum Gasteiger partial charge on any atom is 0.318 e. The van der Waals surface area contributed by atoms with Crippen molar-refractivity contribution in [1.82, 2.24) is 20.4 Å². The summed E-state index contributed by atoms with van der Waals surface area (Å²) in [4.78, 5) is 27.8. The Balaban J connectivity index is 0.00000192. The van der Waals surface area contributed by atoms with E-state index in [1.165, 1.54) is 11.1 Å². The second-order valence-corrected chi connectivity index (χ2v) is 5.73. The maximum atomic E-state index is 12.2. The van der Waals surface area contributed by atoms with Gasteiger partial charge >= 0.3 is 6.03 Å². The Morgan fingerprint density at radius 2 is 1.74 bits per heavy atom. The number of rotatable bonds is 2. The molecule has 0 spiro atoms. The third-order valence-electron chi connectivity index (χ3n) is 4.28. The molecular weight excluding hydrogens is 316 g/mol. The van der Waals surface area contributed by atoms with Crippen LogP contribution >= 0.6 is 12.4 Å². The highest BCUT2D eigenvalue weighted by Crippen LogP contribution is 2.18. The SMILES string of the molecule is Cl.O=C(CNC(=O)N1CCc2ccccc2C1)N1CCNCC1. The summed E-state index contributed by atoms with van der Waals surface area (Å²) in [6, 6.07) is 8.03. The molecule has 3 amide bonds. The van der Waals surface area contributed by atoms with Gasteiger partial charge in [0.05, 0.1) is 6.54 Å². The first-order valence-electron chi connectivity index (χ1n) is 7.82. The highest BCUT2D eigenvalue weighted by atomic mass is 35.5. The zero-order valence-electron chi connectivity index (χ0n) is 13.1. The van der Waals surface area contributed by atoms with Gasteiger partial charge in [-0.3, -0.25) is 4.79 Å². The lowest BCUT2D eigenvalue weighted by atomic mass is 10.0. The number of hydrogen-bond acceptors (Lipinski definition) is 3. The minimum absolute atomic E-state index is 0. The van der Waals surface area contributed by atoms with Crippen LogP contribution in [0, 0.1) is 0 Å². The van der Waals surface area contributed by atoms with E-state index in [2.05, 4.69) is 22.8 Å². The van der Waals surface area contributed by atoms with Crippen LogP contribution in [0.4, 0.5) is 4.79 Å². The van der Waals surface area contributed by atoms with Crippen molar-refractivity contribution in [3.8, 4) is 0 Å². The Morgan fingerprint density at radius 1 is 1.04 bits per heavy atom. The quantitative estimate of drug-likeness (QED) is 0.830. The number of benzene rings is 1. The van der Waals surface area contributed by atoms with E-state index in [9.17, 15) is 9.59 Å². The second-order valence-electron chi connectivity index (χ2n) is 5.73. The lowest BCUT2D eigenvalue weighted by molar-refractivity contribution is -0.130. The van der Waals surface area contributed by atoms with E-state index in [0.717, 1.165) is 19.5 Å². The molecule has 2 N–H and O–H groups in total. The molecule has 0 radical (unpaired) electrons. The van der Waals surface area contributed by atoms with Gasteiger partial charge in [-0.15, -0.1) is 12.4 Å². The fourth-order valence-electron chi connectivity index (χ4n) is 2.96. The van der Waals surface area contributed by atoms with Crippen molar-refractivity contribution in [2.45, 2.75) is 13.0 Å². The van der Waals surface area contributed by atoms with Gasteiger partial charge in [0.25, 0.3) is 0 Å². The second kappa shape index (κ2) is 8.17. The van der Waals surface area contributed by atoms with Crippen LogP contribution in [-0.2, 0) is 17.8 Å². The molecule has 2 heterocycles. The van der Waals surface area contributed by atoms with Crippen molar-refractivity contribution in [1.29, 1.82) is 0 Å². The van der Waals surface area contributed by atoms with Crippen molar-refractivity contribution < 1.29 is 9.59 Å². The molecule has 2 aliphatic rings. The summed E-state index contributed by atoms with van der Waals surface area (Å²) in [5.74, 6) is -0.00717. The van der Waals surface area contributed by atoms with Gasteiger partial charge in [0.2, 0.25) is 5.91 Å². The normalized spacial score (nSPS) is 17.0. The van der Waals surface area contributed by atoms with Crippen molar-refractivity contribution >= 4 is 24.3 Å². The minimum atomic E-state index is -0.155. The molecule has 7 heteroatoms. The van der Waals surface area contributed by atoms with Gasteiger partial charge in [-0.1, -0.05) is 24.3 Å². The lowest BCUT2D eigenvalue weighted by Crippen LogP contribution is -2.51. The highest BCUT2D eigenvalue weighted by molar-refractivity contribution is 5.85. The van der Waals surface area contributed by atoms with E-state index in [-0.39, 0.29) is 30.9 Å². The predicted octanol–water partition coefficient (Wildman–Crippen LogP) is 0.608. The first-order valence-corrected chi connectivity index (χ1v) is 7.82. The van der Waals surface area contributed by atoms with Crippen LogP contribution in [0.15, 0.2) is 24.3 Å². The molecule has 3 rings (SSSR count). The van der Waals surface area contributed by atoms with E-state index >= 15 is 0 Å².